The number of aromatic nitrogens is 1. The number of benzene rings is 2. The van der Waals surface area contributed by atoms with Crippen LogP contribution in [0.1, 0.15) is 22.6 Å². The molecule has 1 atom stereocenters. The molecule has 2 heterocycles. The smallest absolute Gasteiger partial charge is 0.419 e. The average molecular weight is 509 g/mol. The molecule has 6 nitrogen and oxygen atoms in total. The monoisotopic (exact) mass is 509 g/mol. The third-order valence-electron chi connectivity index (χ3n) is 5.80. The summed E-state index contributed by atoms with van der Waals surface area (Å²) in [4.78, 5) is 18.7. The van der Waals surface area contributed by atoms with Crippen LogP contribution >= 0.6 is 0 Å². The fourth-order valence-corrected chi connectivity index (χ4v) is 3.94. The van der Waals surface area contributed by atoms with E-state index in [1.165, 1.54) is 30.3 Å². The third kappa shape index (κ3) is 6.46. The van der Waals surface area contributed by atoms with E-state index in [0.717, 1.165) is 12.1 Å². The summed E-state index contributed by atoms with van der Waals surface area (Å²) in [6.45, 7) is 3.31. The largest absolute Gasteiger partial charge is 0.441 e. The van der Waals surface area contributed by atoms with Crippen molar-refractivity contribution in [3.63, 3.8) is 0 Å². The molecule has 0 bridgehead atoms. The molecule has 1 amide bonds. The van der Waals surface area contributed by atoms with Gasteiger partial charge in [0.1, 0.15) is 17.4 Å². The predicted octanol–water partition coefficient (Wildman–Crippen LogP) is 4.51. The molecule has 1 aliphatic rings. The van der Waals surface area contributed by atoms with Crippen molar-refractivity contribution in [3.8, 4) is 11.5 Å². The Morgan fingerprint density at radius 3 is 2.64 bits per heavy atom. The number of ether oxygens (including phenoxy) is 1. The van der Waals surface area contributed by atoms with Crippen LogP contribution in [0.15, 0.2) is 46.9 Å². The summed E-state index contributed by atoms with van der Waals surface area (Å²) >= 11 is 0. The molecule has 1 saturated heterocycles. The fraction of sp³-hybridized carbons (Fsp3) is 0.360. The lowest BCUT2D eigenvalue weighted by Crippen LogP contribution is -2.47. The molecule has 11 heteroatoms. The molecule has 4 rings (SSSR count). The zero-order valence-electron chi connectivity index (χ0n) is 19.4. The van der Waals surface area contributed by atoms with Gasteiger partial charge in [0.15, 0.2) is 0 Å². The van der Waals surface area contributed by atoms with Crippen molar-refractivity contribution in [2.45, 2.75) is 32.2 Å². The fourth-order valence-electron chi connectivity index (χ4n) is 3.94. The van der Waals surface area contributed by atoms with Crippen LogP contribution in [0.5, 0.6) is 0 Å². The normalized spacial score (nSPS) is 16.8. The van der Waals surface area contributed by atoms with Gasteiger partial charge in [-0.3, -0.25) is 9.69 Å². The van der Waals surface area contributed by atoms with Crippen LogP contribution in [0.3, 0.4) is 0 Å². The SMILES string of the molecule is Cc1oc(-c2ccc(F)cc2)nc1CC(=O)NC[C@H]1CN(Cc2ccc(F)c(C(F)(F)F)c2)CCO1. The predicted molar refractivity (Wildman–Crippen MR) is 120 cm³/mol. The molecule has 0 unspecified atom stereocenters. The Balaban J connectivity index is 1.29. The van der Waals surface area contributed by atoms with E-state index in [1.807, 2.05) is 4.90 Å². The van der Waals surface area contributed by atoms with Gasteiger partial charge in [-0.25, -0.2) is 13.8 Å². The van der Waals surface area contributed by atoms with Gasteiger partial charge in [-0.05, 0) is 48.9 Å². The second kappa shape index (κ2) is 10.8. The van der Waals surface area contributed by atoms with E-state index >= 15 is 0 Å². The lowest BCUT2D eigenvalue weighted by atomic mass is 10.1. The van der Waals surface area contributed by atoms with E-state index in [2.05, 4.69) is 10.3 Å². The van der Waals surface area contributed by atoms with Gasteiger partial charge in [0.2, 0.25) is 11.8 Å². The summed E-state index contributed by atoms with van der Waals surface area (Å²) in [5.74, 6) is -1.22. The van der Waals surface area contributed by atoms with Crippen LogP contribution in [0.4, 0.5) is 22.0 Å². The third-order valence-corrected chi connectivity index (χ3v) is 5.80. The summed E-state index contributed by atoms with van der Waals surface area (Å²) in [5.41, 5.74) is 0.0924. The summed E-state index contributed by atoms with van der Waals surface area (Å²) in [6.07, 6.45) is -5.15. The number of alkyl halides is 3. The number of halogens is 5. The number of morpholine rings is 1. The maximum absolute atomic E-state index is 13.5. The molecule has 1 aromatic heterocycles. The van der Waals surface area contributed by atoms with E-state index in [9.17, 15) is 26.7 Å². The average Bonchev–Trinajstić information content (AvgIpc) is 3.19. The Labute approximate surface area is 204 Å². The topological polar surface area (TPSA) is 67.6 Å². The first-order valence-electron chi connectivity index (χ1n) is 11.3. The number of carbonyl (C=O) groups is 1. The van der Waals surface area contributed by atoms with Crippen LogP contribution in [0.25, 0.3) is 11.5 Å². The highest BCUT2D eigenvalue weighted by Crippen LogP contribution is 2.32. The van der Waals surface area contributed by atoms with E-state index < -0.39 is 17.6 Å². The first-order valence-corrected chi connectivity index (χ1v) is 11.3. The minimum absolute atomic E-state index is 0.0250. The number of carbonyl (C=O) groups excluding carboxylic acids is 1. The Morgan fingerprint density at radius 1 is 1.17 bits per heavy atom. The number of nitrogens with zero attached hydrogens (tertiary/aromatic N) is 2. The minimum Gasteiger partial charge on any atom is -0.441 e. The first kappa shape index (κ1) is 25.8. The van der Waals surface area contributed by atoms with Crippen LogP contribution < -0.4 is 5.32 Å². The van der Waals surface area contributed by atoms with Gasteiger partial charge in [-0.15, -0.1) is 0 Å². The minimum atomic E-state index is -4.76. The molecule has 2 aromatic carbocycles. The molecule has 1 fully saturated rings. The standard InChI is InChI=1S/C25H24F5N3O3/c1-15-22(32-24(36-15)17-3-5-18(26)6-4-17)11-23(34)31-12-19-14-33(8-9-35-19)13-16-2-7-21(27)20(10-16)25(28,29)30/h2-7,10,19H,8-9,11-14H2,1H3,(H,31,34)/t19-/m0/s1. The molecule has 36 heavy (non-hydrogen) atoms. The summed E-state index contributed by atoms with van der Waals surface area (Å²) in [7, 11) is 0. The number of amides is 1. The van der Waals surface area contributed by atoms with Crippen molar-refractivity contribution < 1.29 is 35.9 Å². The van der Waals surface area contributed by atoms with E-state index in [-0.39, 0.29) is 43.2 Å². The highest BCUT2D eigenvalue weighted by Gasteiger charge is 2.34. The molecule has 3 aromatic rings. The highest BCUT2D eigenvalue weighted by atomic mass is 19.4. The molecule has 192 valence electrons. The van der Waals surface area contributed by atoms with E-state index in [1.54, 1.807) is 6.92 Å². The molecule has 0 radical (unpaired) electrons. The zero-order chi connectivity index (χ0) is 25.9. The van der Waals surface area contributed by atoms with Crippen molar-refractivity contribution in [2.75, 3.05) is 26.2 Å². The van der Waals surface area contributed by atoms with Crippen molar-refractivity contribution in [3.05, 3.63) is 76.7 Å². The van der Waals surface area contributed by atoms with Gasteiger partial charge < -0.3 is 14.5 Å². The zero-order valence-corrected chi connectivity index (χ0v) is 19.4. The lowest BCUT2D eigenvalue weighted by Gasteiger charge is -2.33. The molecular formula is C25H24F5N3O3. The second-order valence-corrected chi connectivity index (χ2v) is 8.55. The molecule has 0 saturated carbocycles. The van der Waals surface area contributed by atoms with Crippen LogP contribution in [-0.4, -0.2) is 48.1 Å². The highest BCUT2D eigenvalue weighted by molar-refractivity contribution is 5.78. The second-order valence-electron chi connectivity index (χ2n) is 8.55. The molecule has 0 aliphatic carbocycles. The first-order chi connectivity index (χ1) is 17.1. The maximum Gasteiger partial charge on any atom is 0.419 e. The summed E-state index contributed by atoms with van der Waals surface area (Å²) in [6, 6.07) is 8.63. The van der Waals surface area contributed by atoms with Crippen molar-refractivity contribution >= 4 is 5.91 Å². The number of oxazole rings is 1. The maximum atomic E-state index is 13.5. The lowest BCUT2D eigenvalue weighted by molar-refractivity contribution is -0.140. The van der Waals surface area contributed by atoms with Crippen LogP contribution in [0.2, 0.25) is 0 Å². The molecule has 0 spiro atoms. The van der Waals surface area contributed by atoms with Gasteiger partial charge in [0, 0.05) is 31.7 Å². The Hall–Kier alpha value is -3.31. The molecule has 1 aliphatic heterocycles. The number of hydrogen-bond donors (Lipinski definition) is 1. The summed E-state index contributed by atoms with van der Waals surface area (Å²) < 4.78 is 76.9. The molecule has 1 N–H and O–H groups in total. The Bertz CT molecular complexity index is 1210. The van der Waals surface area contributed by atoms with Gasteiger partial charge >= 0.3 is 6.18 Å². The van der Waals surface area contributed by atoms with E-state index in [4.69, 9.17) is 9.15 Å². The van der Waals surface area contributed by atoms with Crippen LogP contribution in [-0.2, 0) is 28.7 Å². The van der Waals surface area contributed by atoms with Gasteiger partial charge in [-0.1, -0.05) is 6.07 Å². The van der Waals surface area contributed by atoms with Gasteiger partial charge in [0.05, 0.1) is 30.4 Å². The van der Waals surface area contributed by atoms with Crippen molar-refractivity contribution in [1.82, 2.24) is 15.2 Å². The summed E-state index contributed by atoms with van der Waals surface area (Å²) in [5, 5.41) is 2.79. The number of hydrogen-bond acceptors (Lipinski definition) is 5. The van der Waals surface area contributed by atoms with Crippen molar-refractivity contribution in [1.29, 1.82) is 0 Å². The van der Waals surface area contributed by atoms with E-state index in [0.29, 0.717) is 42.3 Å². The number of rotatable bonds is 7. The van der Waals surface area contributed by atoms with Crippen molar-refractivity contribution in [2.24, 2.45) is 0 Å². The Kier molecular flexibility index (Phi) is 7.70. The Morgan fingerprint density at radius 2 is 1.92 bits per heavy atom. The van der Waals surface area contributed by atoms with Gasteiger partial charge in [-0.2, -0.15) is 13.2 Å². The number of nitrogens with one attached hydrogen (secondary N) is 1. The van der Waals surface area contributed by atoms with Gasteiger partial charge in [0.25, 0.3) is 0 Å². The number of aryl methyl sites for hydroxylation is 1. The molecular weight excluding hydrogens is 485 g/mol. The van der Waals surface area contributed by atoms with Crippen LogP contribution in [0, 0.1) is 18.6 Å². The quantitative estimate of drug-likeness (QED) is 0.475.